The Morgan fingerprint density at radius 1 is 1.14 bits per heavy atom. The first-order chi connectivity index (χ1) is 17.5. The van der Waals surface area contributed by atoms with Gasteiger partial charge in [-0.1, -0.05) is 6.07 Å². The maximum Gasteiger partial charge on any atom is 0.286 e. The van der Waals surface area contributed by atoms with E-state index in [9.17, 15) is 26.4 Å². The Labute approximate surface area is 219 Å². The minimum absolute atomic E-state index is 0.0679. The molecular weight excluding hydrogens is 536 g/mol. The molecule has 13 heteroatoms. The molecule has 2 aromatic rings. The van der Waals surface area contributed by atoms with Gasteiger partial charge in [0.2, 0.25) is 15.9 Å². The zero-order valence-electron chi connectivity index (χ0n) is 20.0. The van der Waals surface area contributed by atoms with Gasteiger partial charge < -0.3 is 10.2 Å². The summed E-state index contributed by atoms with van der Waals surface area (Å²) in [6, 6.07) is 7.69. The molecule has 3 aliphatic carbocycles. The Bertz CT molecular complexity index is 1530. The van der Waals surface area contributed by atoms with E-state index in [0.29, 0.717) is 6.54 Å². The van der Waals surface area contributed by atoms with Gasteiger partial charge in [-0.25, -0.2) is 8.42 Å². The van der Waals surface area contributed by atoms with E-state index < -0.39 is 31.9 Å². The lowest BCUT2D eigenvalue weighted by Crippen LogP contribution is -2.66. The highest BCUT2D eigenvalue weighted by Crippen LogP contribution is 2.51. The fourth-order valence-electron chi connectivity index (χ4n) is 6.48. The highest BCUT2D eigenvalue weighted by molar-refractivity contribution is 7.92. The van der Waals surface area contributed by atoms with Crippen molar-refractivity contribution in [3.05, 3.63) is 40.6 Å². The number of carbonyl (C=O) groups excluding carboxylic acids is 2. The second-order valence-electron chi connectivity index (χ2n) is 10.2. The van der Waals surface area contributed by atoms with Crippen molar-refractivity contribution in [2.45, 2.75) is 43.2 Å². The van der Waals surface area contributed by atoms with Crippen molar-refractivity contribution in [2.24, 2.45) is 28.1 Å². The third-order valence-corrected chi connectivity index (χ3v) is 10.7. The van der Waals surface area contributed by atoms with Crippen LogP contribution in [-0.2, 0) is 36.2 Å². The number of hydrogen-bond acceptors (Lipinski definition) is 8. The van der Waals surface area contributed by atoms with Gasteiger partial charge in [0.25, 0.3) is 10.0 Å². The zero-order chi connectivity index (χ0) is 26.1. The maximum atomic E-state index is 13.9. The largest absolute Gasteiger partial charge is 0.341 e. The first kappa shape index (κ1) is 24.6. The molecule has 37 heavy (non-hydrogen) atoms. The Balaban J connectivity index is 1.39. The number of hydrogen-bond donors (Lipinski definition) is 2. The molecule has 1 unspecified atom stereocenters. The number of likely N-dealkylation sites (tertiary alicyclic amines) is 1. The topological polar surface area (TPSA) is 142 Å². The number of thiophene rings is 1. The fourth-order valence-corrected chi connectivity index (χ4v) is 8.92. The van der Waals surface area contributed by atoms with E-state index in [0.717, 1.165) is 36.8 Å². The molecule has 4 fully saturated rings. The molecule has 10 nitrogen and oxygen atoms in total. The van der Waals surface area contributed by atoms with Gasteiger partial charge in [0, 0.05) is 22.5 Å². The molecule has 3 atom stereocenters. The molecule has 2 bridgehead atoms. The van der Waals surface area contributed by atoms with Gasteiger partial charge in [-0.05, 0) is 67.2 Å². The van der Waals surface area contributed by atoms with Gasteiger partial charge in [-0.3, -0.25) is 14.3 Å². The summed E-state index contributed by atoms with van der Waals surface area (Å²) in [5, 5.41) is 4.86. The molecule has 7 rings (SSSR count). The Morgan fingerprint density at radius 3 is 2.54 bits per heavy atom. The summed E-state index contributed by atoms with van der Waals surface area (Å²) in [4.78, 5) is 30.4. The molecule has 3 saturated carbocycles. The maximum absolute atomic E-state index is 13.9. The molecule has 0 spiro atoms. The molecule has 2 N–H and O–H groups in total. The van der Waals surface area contributed by atoms with E-state index in [1.165, 1.54) is 18.2 Å². The van der Waals surface area contributed by atoms with Crippen molar-refractivity contribution in [2.75, 3.05) is 16.3 Å². The monoisotopic (exact) mass is 562 g/mol. The summed E-state index contributed by atoms with van der Waals surface area (Å²) in [6.45, 7) is 0.377. The van der Waals surface area contributed by atoms with Crippen LogP contribution >= 0.6 is 11.3 Å². The first-order valence-electron chi connectivity index (χ1n) is 12.1. The van der Waals surface area contributed by atoms with Crippen LogP contribution in [0.2, 0.25) is 0 Å². The van der Waals surface area contributed by atoms with Gasteiger partial charge in [0.15, 0.2) is 11.7 Å². The van der Waals surface area contributed by atoms with Crippen molar-refractivity contribution >= 4 is 60.3 Å². The number of carbonyl (C=O) groups is 2. The average molecular weight is 563 g/mol. The standard InChI is InChI=1S/C24H26N4O6S3/c1-36(31,32)26-15-8-9-17-18(11-15)37(33,34)27-23(25-17)20-22(29)19-13-4-6-14(7-5-13)21(19)28(24(20)30)12-16-3-2-10-35-16/h2-3,8-11,13-14,19-21,26H,4-7,12H2,1H3,(H,25,27)/t13?,14?,19-,20?,21+/m1/s1. The zero-order valence-corrected chi connectivity index (χ0v) is 22.4. The predicted molar refractivity (Wildman–Crippen MR) is 139 cm³/mol. The van der Waals surface area contributed by atoms with E-state index in [1.807, 2.05) is 17.5 Å². The molecule has 5 aliphatic rings. The van der Waals surface area contributed by atoms with Crippen LogP contribution in [0.5, 0.6) is 0 Å². The summed E-state index contributed by atoms with van der Waals surface area (Å²) in [7, 11) is -7.92. The van der Waals surface area contributed by atoms with E-state index in [4.69, 9.17) is 0 Å². The minimum Gasteiger partial charge on any atom is -0.341 e. The third-order valence-electron chi connectivity index (χ3n) is 7.90. The van der Waals surface area contributed by atoms with Gasteiger partial charge in [0.05, 0.1) is 18.5 Å². The van der Waals surface area contributed by atoms with Gasteiger partial charge >= 0.3 is 0 Å². The lowest BCUT2D eigenvalue weighted by atomic mass is 9.57. The van der Waals surface area contributed by atoms with Crippen LogP contribution in [0.4, 0.5) is 11.4 Å². The Hall–Kier alpha value is -2.77. The molecule has 1 aromatic heterocycles. The average Bonchev–Trinajstić information content (AvgIpc) is 3.34. The van der Waals surface area contributed by atoms with Crippen molar-refractivity contribution in [1.29, 1.82) is 0 Å². The van der Waals surface area contributed by atoms with E-state index >= 15 is 0 Å². The molecular formula is C24H26N4O6S3. The number of benzene rings is 1. The summed E-state index contributed by atoms with van der Waals surface area (Å²) in [5.74, 6) is -2.12. The molecule has 0 radical (unpaired) electrons. The van der Waals surface area contributed by atoms with E-state index in [-0.39, 0.29) is 51.7 Å². The van der Waals surface area contributed by atoms with Crippen LogP contribution in [0.3, 0.4) is 0 Å². The fraction of sp³-hybridized carbons (Fsp3) is 0.458. The van der Waals surface area contributed by atoms with E-state index in [2.05, 4.69) is 14.4 Å². The summed E-state index contributed by atoms with van der Waals surface area (Å²) in [6.07, 6.45) is 4.80. The molecule has 2 aliphatic heterocycles. The number of anilines is 2. The number of piperidine rings is 1. The minimum atomic E-state index is -4.30. The van der Waals surface area contributed by atoms with Crippen LogP contribution in [0.1, 0.15) is 30.6 Å². The van der Waals surface area contributed by atoms with Crippen LogP contribution in [-0.4, -0.2) is 51.6 Å². The molecule has 1 saturated heterocycles. The van der Waals surface area contributed by atoms with Gasteiger partial charge in [-0.2, -0.15) is 8.42 Å². The lowest BCUT2D eigenvalue weighted by Gasteiger charge is -2.55. The van der Waals surface area contributed by atoms with Crippen molar-refractivity contribution in [1.82, 2.24) is 4.90 Å². The van der Waals surface area contributed by atoms with Crippen molar-refractivity contribution in [3.8, 4) is 0 Å². The predicted octanol–water partition coefficient (Wildman–Crippen LogP) is 2.66. The van der Waals surface area contributed by atoms with Crippen molar-refractivity contribution < 1.29 is 26.4 Å². The van der Waals surface area contributed by atoms with Crippen molar-refractivity contribution in [3.63, 3.8) is 0 Å². The Morgan fingerprint density at radius 2 is 1.86 bits per heavy atom. The highest BCUT2D eigenvalue weighted by Gasteiger charge is 2.58. The number of amides is 1. The molecule has 196 valence electrons. The van der Waals surface area contributed by atoms with Crippen LogP contribution in [0.25, 0.3) is 0 Å². The quantitative estimate of drug-likeness (QED) is 0.534. The summed E-state index contributed by atoms with van der Waals surface area (Å²) in [5.41, 5.74) is 0.208. The molecule has 1 amide bonds. The van der Waals surface area contributed by atoms with Crippen LogP contribution < -0.4 is 10.0 Å². The normalized spacial score (nSPS) is 30.2. The van der Waals surface area contributed by atoms with Crippen LogP contribution in [0, 0.1) is 23.7 Å². The van der Waals surface area contributed by atoms with Crippen LogP contribution in [0.15, 0.2) is 45.0 Å². The van der Waals surface area contributed by atoms with E-state index in [1.54, 1.807) is 16.2 Å². The number of nitrogens with zero attached hydrogens (tertiary/aromatic N) is 2. The second kappa shape index (κ2) is 8.63. The SMILES string of the molecule is CS(=O)(=O)Nc1ccc2c(c1)S(=O)(=O)N=C(C1C(=O)[C@@H]3C4CCC(CC4)[C@@H]3N(Cc3cccs3)C1=O)N2. The number of nitrogens with one attached hydrogen (secondary N) is 2. The van der Waals surface area contributed by atoms with Gasteiger partial charge in [-0.15, -0.1) is 15.7 Å². The second-order valence-corrected chi connectivity index (χ2v) is 14.6. The number of sulfonamides is 2. The molecule has 1 aromatic carbocycles. The van der Waals surface area contributed by atoms with Gasteiger partial charge in [0.1, 0.15) is 10.7 Å². The smallest absolute Gasteiger partial charge is 0.286 e. The number of fused-ring (bicyclic) bond motifs is 3. The summed E-state index contributed by atoms with van der Waals surface area (Å²) >= 11 is 1.54. The number of amidine groups is 1. The highest BCUT2D eigenvalue weighted by atomic mass is 32.2. The first-order valence-corrected chi connectivity index (χ1v) is 16.3. The molecule has 3 heterocycles. The third kappa shape index (κ3) is 4.26. The number of rotatable bonds is 5. The lowest BCUT2D eigenvalue weighted by molar-refractivity contribution is -0.162. The summed E-state index contributed by atoms with van der Waals surface area (Å²) < 4.78 is 55.6. The Kier molecular flexibility index (Phi) is 5.73. The number of ketones is 1. The number of Topliss-reactive ketones (excluding diaryl/α,β-unsaturated/α-hetero) is 1.